The summed E-state index contributed by atoms with van der Waals surface area (Å²) in [5, 5.41) is 21.8. The van der Waals surface area contributed by atoms with Crippen LogP contribution in [0.3, 0.4) is 0 Å². The monoisotopic (exact) mass is 272 g/mol. The molecule has 1 fully saturated rings. The van der Waals surface area contributed by atoms with Crippen molar-refractivity contribution in [2.24, 2.45) is 5.41 Å². The topological polar surface area (TPSA) is 89.9 Å². The van der Waals surface area contributed by atoms with Crippen molar-refractivity contribution in [2.75, 3.05) is 20.1 Å². The van der Waals surface area contributed by atoms with Crippen LogP contribution in [0.15, 0.2) is 0 Å². The van der Waals surface area contributed by atoms with E-state index in [1.54, 1.807) is 20.9 Å². The maximum Gasteiger partial charge on any atom is 0.317 e. The van der Waals surface area contributed by atoms with Crippen LogP contribution in [0.5, 0.6) is 0 Å². The van der Waals surface area contributed by atoms with Crippen molar-refractivity contribution in [1.82, 2.24) is 10.2 Å². The van der Waals surface area contributed by atoms with Gasteiger partial charge in [0.25, 0.3) is 0 Å². The molecule has 1 rings (SSSR count). The minimum Gasteiger partial charge on any atom is -0.481 e. The molecular formula is C13H24N2O4. The van der Waals surface area contributed by atoms with Gasteiger partial charge in [-0.25, -0.2) is 4.79 Å². The van der Waals surface area contributed by atoms with E-state index in [9.17, 15) is 14.7 Å². The second-order valence-electron chi connectivity index (χ2n) is 6.14. The molecule has 6 heteroatoms. The fraction of sp³-hybridized carbons (Fsp3) is 0.846. The summed E-state index contributed by atoms with van der Waals surface area (Å²) in [6.45, 7) is 3.45. The molecular weight excluding hydrogens is 248 g/mol. The third-order valence-electron chi connectivity index (χ3n) is 3.67. The molecule has 3 N–H and O–H groups in total. The number of amides is 2. The maximum absolute atomic E-state index is 11.9. The zero-order valence-electron chi connectivity index (χ0n) is 11.9. The van der Waals surface area contributed by atoms with Crippen molar-refractivity contribution in [1.29, 1.82) is 0 Å². The van der Waals surface area contributed by atoms with Crippen LogP contribution in [0, 0.1) is 5.41 Å². The van der Waals surface area contributed by atoms with E-state index in [2.05, 4.69) is 5.32 Å². The van der Waals surface area contributed by atoms with E-state index in [4.69, 9.17) is 5.11 Å². The highest BCUT2D eigenvalue weighted by molar-refractivity contribution is 5.77. The normalized spacial score (nSPS) is 18.1. The van der Waals surface area contributed by atoms with E-state index in [1.165, 1.54) is 4.90 Å². The van der Waals surface area contributed by atoms with Crippen LogP contribution in [0.4, 0.5) is 4.79 Å². The van der Waals surface area contributed by atoms with Crippen LogP contribution in [0.2, 0.25) is 0 Å². The number of carbonyl (C=O) groups excluding carboxylic acids is 1. The summed E-state index contributed by atoms with van der Waals surface area (Å²) < 4.78 is 0. The molecule has 1 saturated carbocycles. The number of carboxylic acids is 1. The summed E-state index contributed by atoms with van der Waals surface area (Å²) in [7, 11) is 1.61. The number of nitrogens with one attached hydrogen (secondary N) is 1. The lowest BCUT2D eigenvalue weighted by molar-refractivity contribution is -0.146. The van der Waals surface area contributed by atoms with Gasteiger partial charge in [-0.1, -0.05) is 12.8 Å². The zero-order valence-corrected chi connectivity index (χ0v) is 11.9. The minimum atomic E-state index is -0.999. The number of rotatable bonds is 5. The van der Waals surface area contributed by atoms with Crippen LogP contribution >= 0.6 is 0 Å². The van der Waals surface area contributed by atoms with Gasteiger partial charge in [0.15, 0.2) is 0 Å². The lowest BCUT2D eigenvalue weighted by Crippen LogP contribution is -2.48. The zero-order chi connectivity index (χ0) is 14.7. The first-order chi connectivity index (χ1) is 8.66. The summed E-state index contributed by atoms with van der Waals surface area (Å²) in [6, 6.07) is -0.352. The van der Waals surface area contributed by atoms with Crippen molar-refractivity contribution in [2.45, 2.75) is 45.1 Å². The number of aliphatic hydroxyl groups is 1. The molecule has 0 aliphatic heterocycles. The highest BCUT2D eigenvalue weighted by Gasteiger charge is 2.34. The van der Waals surface area contributed by atoms with Gasteiger partial charge in [-0.05, 0) is 26.7 Å². The molecule has 1 aliphatic rings. The second-order valence-corrected chi connectivity index (χ2v) is 6.14. The fourth-order valence-corrected chi connectivity index (χ4v) is 2.21. The molecule has 2 amide bonds. The molecule has 1 aliphatic carbocycles. The predicted molar refractivity (Wildman–Crippen MR) is 70.9 cm³/mol. The van der Waals surface area contributed by atoms with E-state index < -0.39 is 17.0 Å². The molecule has 0 heterocycles. The van der Waals surface area contributed by atoms with Crippen LogP contribution in [-0.4, -0.2) is 52.9 Å². The molecule has 19 heavy (non-hydrogen) atoms. The maximum atomic E-state index is 11.9. The van der Waals surface area contributed by atoms with Gasteiger partial charge in [-0.3, -0.25) is 4.79 Å². The minimum absolute atomic E-state index is 0.0595. The Morgan fingerprint density at radius 3 is 2.32 bits per heavy atom. The number of nitrogens with zero attached hydrogens (tertiary/aromatic N) is 1. The van der Waals surface area contributed by atoms with E-state index in [1.807, 2.05) is 0 Å². The highest BCUT2D eigenvalue weighted by atomic mass is 16.4. The Bertz CT molecular complexity index is 349. The van der Waals surface area contributed by atoms with Gasteiger partial charge in [0.1, 0.15) is 0 Å². The molecule has 0 aromatic rings. The smallest absolute Gasteiger partial charge is 0.317 e. The first kappa shape index (κ1) is 15.8. The Labute approximate surface area is 113 Å². The molecule has 6 nitrogen and oxygen atoms in total. The number of hydrogen-bond acceptors (Lipinski definition) is 3. The Morgan fingerprint density at radius 2 is 1.84 bits per heavy atom. The van der Waals surface area contributed by atoms with Gasteiger partial charge in [0, 0.05) is 13.6 Å². The summed E-state index contributed by atoms with van der Waals surface area (Å²) in [4.78, 5) is 24.2. The SMILES string of the molecule is CN(CC1(O)CCCC1)C(=O)NCC(C)(C)C(=O)O. The van der Waals surface area contributed by atoms with E-state index in [-0.39, 0.29) is 19.1 Å². The molecule has 0 unspecified atom stereocenters. The van der Waals surface area contributed by atoms with Crippen molar-refractivity contribution in [3.63, 3.8) is 0 Å². The van der Waals surface area contributed by atoms with Crippen LogP contribution < -0.4 is 5.32 Å². The Hall–Kier alpha value is -1.30. The van der Waals surface area contributed by atoms with E-state index in [0.29, 0.717) is 12.8 Å². The second kappa shape index (κ2) is 5.77. The first-order valence-electron chi connectivity index (χ1n) is 6.61. The number of urea groups is 1. The third-order valence-corrected chi connectivity index (χ3v) is 3.67. The summed E-state index contributed by atoms with van der Waals surface area (Å²) in [6.07, 6.45) is 3.40. The van der Waals surface area contributed by atoms with Crippen molar-refractivity contribution in [3.8, 4) is 0 Å². The first-order valence-corrected chi connectivity index (χ1v) is 6.61. The highest BCUT2D eigenvalue weighted by Crippen LogP contribution is 2.29. The van der Waals surface area contributed by atoms with Gasteiger partial charge < -0.3 is 20.4 Å². The van der Waals surface area contributed by atoms with Crippen LogP contribution in [-0.2, 0) is 4.79 Å². The molecule has 0 radical (unpaired) electrons. The van der Waals surface area contributed by atoms with Crippen LogP contribution in [0.1, 0.15) is 39.5 Å². The van der Waals surface area contributed by atoms with Crippen molar-refractivity contribution < 1.29 is 19.8 Å². The molecule has 0 spiro atoms. The fourth-order valence-electron chi connectivity index (χ4n) is 2.21. The number of carbonyl (C=O) groups is 2. The standard InChI is InChI=1S/C13H24N2O4/c1-12(2,10(16)17)8-14-11(18)15(3)9-13(19)6-4-5-7-13/h19H,4-9H2,1-3H3,(H,14,18)(H,16,17). The summed E-state index contributed by atoms with van der Waals surface area (Å²) in [5.41, 5.74) is -1.78. The molecule has 110 valence electrons. The van der Waals surface area contributed by atoms with Crippen molar-refractivity contribution >= 4 is 12.0 Å². The average molecular weight is 272 g/mol. The third kappa shape index (κ3) is 4.38. The molecule has 0 bridgehead atoms. The lowest BCUT2D eigenvalue weighted by atomic mass is 9.94. The van der Waals surface area contributed by atoms with Gasteiger partial charge in [0.05, 0.1) is 17.6 Å². The predicted octanol–water partition coefficient (Wildman–Crippen LogP) is 1.04. The number of aliphatic carboxylic acids is 1. The molecule has 0 atom stereocenters. The molecule has 0 aromatic carbocycles. The number of carboxylic acid groups (broad SMARTS) is 1. The van der Waals surface area contributed by atoms with Crippen molar-refractivity contribution in [3.05, 3.63) is 0 Å². The number of hydrogen-bond donors (Lipinski definition) is 3. The molecule has 0 aromatic heterocycles. The average Bonchev–Trinajstić information content (AvgIpc) is 2.72. The lowest BCUT2D eigenvalue weighted by Gasteiger charge is -2.29. The van der Waals surface area contributed by atoms with E-state index in [0.717, 1.165) is 12.8 Å². The molecule has 0 saturated heterocycles. The summed E-state index contributed by atoms with van der Waals surface area (Å²) >= 11 is 0. The van der Waals surface area contributed by atoms with Gasteiger partial charge in [-0.2, -0.15) is 0 Å². The largest absolute Gasteiger partial charge is 0.481 e. The van der Waals surface area contributed by atoms with Gasteiger partial charge in [0.2, 0.25) is 0 Å². The Balaban J connectivity index is 2.43. The Morgan fingerprint density at radius 1 is 1.32 bits per heavy atom. The quantitative estimate of drug-likeness (QED) is 0.697. The van der Waals surface area contributed by atoms with Gasteiger partial charge in [-0.15, -0.1) is 0 Å². The van der Waals surface area contributed by atoms with Crippen LogP contribution in [0.25, 0.3) is 0 Å². The Kier molecular flexibility index (Phi) is 4.79. The van der Waals surface area contributed by atoms with Gasteiger partial charge >= 0.3 is 12.0 Å². The number of likely N-dealkylation sites (N-methyl/N-ethyl adjacent to an activating group) is 1. The summed E-state index contributed by atoms with van der Waals surface area (Å²) in [5.74, 6) is -0.954. The van der Waals surface area contributed by atoms with E-state index >= 15 is 0 Å².